The summed E-state index contributed by atoms with van der Waals surface area (Å²) in [5, 5.41) is 6.10. The largest absolute Gasteiger partial charge is 0.385 e. The molecule has 5 nitrogen and oxygen atoms in total. The monoisotopic (exact) mass is 377 g/mol. The second kappa shape index (κ2) is 8.64. The summed E-state index contributed by atoms with van der Waals surface area (Å²) < 4.78 is 5.99. The lowest BCUT2D eigenvalue weighted by Crippen LogP contribution is -2.25. The number of methoxy groups -OCH3 is 1. The summed E-state index contributed by atoms with van der Waals surface area (Å²) in [7, 11) is 1.64. The number of pyridine rings is 1. The average molecular weight is 378 g/mol. The summed E-state index contributed by atoms with van der Waals surface area (Å²) in [5.74, 6) is -0.137. The Labute approximate surface area is 144 Å². The van der Waals surface area contributed by atoms with Gasteiger partial charge in [0.2, 0.25) is 0 Å². The third kappa shape index (κ3) is 5.33. The van der Waals surface area contributed by atoms with Crippen molar-refractivity contribution in [1.82, 2.24) is 10.3 Å². The lowest BCUT2D eigenvalue weighted by atomic mass is 10.2. The quantitative estimate of drug-likeness (QED) is 0.722. The molecule has 0 atom stereocenters. The lowest BCUT2D eigenvalue weighted by molar-refractivity contribution is 0.0948. The van der Waals surface area contributed by atoms with Crippen molar-refractivity contribution in [2.75, 3.05) is 25.6 Å². The van der Waals surface area contributed by atoms with Crippen molar-refractivity contribution >= 4 is 33.2 Å². The first-order valence-electron chi connectivity index (χ1n) is 7.35. The molecule has 0 aliphatic carbocycles. The van der Waals surface area contributed by atoms with Crippen molar-refractivity contribution in [3.05, 3.63) is 52.3 Å². The number of benzene rings is 1. The van der Waals surface area contributed by atoms with E-state index in [1.807, 2.05) is 25.1 Å². The maximum atomic E-state index is 12.1. The fourth-order valence-electron chi connectivity index (χ4n) is 1.99. The topological polar surface area (TPSA) is 63.2 Å². The molecule has 2 rings (SSSR count). The van der Waals surface area contributed by atoms with E-state index >= 15 is 0 Å². The Morgan fingerprint density at radius 3 is 2.83 bits per heavy atom. The van der Waals surface area contributed by atoms with Crippen LogP contribution in [0.1, 0.15) is 22.3 Å². The molecule has 2 N–H and O–H groups in total. The first-order chi connectivity index (χ1) is 11.1. The molecule has 1 aromatic carbocycles. The number of aromatic nitrogens is 1. The smallest absolute Gasteiger partial charge is 0.252 e. The van der Waals surface area contributed by atoms with E-state index in [-0.39, 0.29) is 5.91 Å². The number of amides is 1. The minimum Gasteiger partial charge on any atom is -0.385 e. The van der Waals surface area contributed by atoms with E-state index < -0.39 is 0 Å². The van der Waals surface area contributed by atoms with Gasteiger partial charge in [-0.3, -0.25) is 9.78 Å². The average Bonchev–Trinajstić information content (AvgIpc) is 2.55. The number of hydrogen-bond acceptors (Lipinski definition) is 4. The lowest BCUT2D eigenvalue weighted by Gasteiger charge is -2.09. The summed E-state index contributed by atoms with van der Waals surface area (Å²) in [5.41, 5.74) is 3.39. The van der Waals surface area contributed by atoms with Crippen LogP contribution in [0.15, 0.2) is 41.1 Å². The van der Waals surface area contributed by atoms with Gasteiger partial charge in [0.25, 0.3) is 5.91 Å². The number of halogens is 1. The molecule has 0 aliphatic heterocycles. The molecule has 0 aliphatic rings. The summed E-state index contributed by atoms with van der Waals surface area (Å²) >= 11 is 3.51. The van der Waals surface area contributed by atoms with Crippen molar-refractivity contribution in [2.45, 2.75) is 13.3 Å². The van der Waals surface area contributed by atoms with E-state index in [4.69, 9.17) is 4.74 Å². The second-order valence-electron chi connectivity index (χ2n) is 5.15. The molecule has 1 amide bonds. The minimum atomic E-state index is -0.137. The number of rotatable bonds is 7. The molecule has 0 bridgehead atoms. The highest BCUT2D eigenvalue weighted by atomic mass is 79.9. The predicted molar refractivity (Wildman–Crippen MR) is 95.2 cm³/mol. The molecule has 122 valence electrons. The van der Waals surface area contributed by atoms with Crippen LogP contribution in [0.25, 0.3) is 0 Å². The molecule has 0 unspecified atom stereocenters. The second-order valence-corrected chi connectivity index (χ2v) is 6.01. The number of carbonyl (C=O) groups is 1. The Kier molecular flexibility index (Phi) is 6.55. The Balaban J connectivity index is 2.01. The van der Waals surface area contributed by atoms with Gasteiger partial charge in [0, 0.05) is 36.6 Å². The standard InChI is InChI=1S/C17H20BrN3O2/c1-12-4-5-14(9-16(12)18)21-15-8-13(10-19-11-15)17(22)20-6-3-7-23-2/h4-5,8-11,21H,3,6-7H2,1-2H3,(H,20,22). The number of carbonyl (C=O) groups excluding carboxylic acids is 1. The van der Waals surface area contributed by atoms with Gasteiger partial charge in [-0.1, -0.05) is 22.0 Å². The number of aryl methyl sites for hydroxylation is 1. The Bertz CT molecular complexity index is 677. The molecule has 0 spiro atoms. The van der Waals surface area contributed by atoms with Crippen molar-refractivity contribution in [2.24, 2.45) is 0 Å². The van der Waals surface area contributed by atoms with E-state index in [0.717, 1.165) is 27.8 Å². The van der Waals surface area contributed by atoms with Crippen LogP contribution in [0.3, 0.4) is 0 Å². The van der Waals surface area contributed by atoms with E-state index in [9.17, 15) is 4.79 Å². The zero-order valence-corrected chi connectivity index (χ0v) is 14.8. The predicted octanol–water partition coefficient (Wildman–Crippen LogP) is 3.66. The first-order valence-corrected chi connectivity index (χ1v) is 8.15. The van der Waals surface area contributed by atoms with Gasteiger partial charge in [-0.2, -0.15) is 0 Å². The summed E-state index contributed by atoms with van der Waals surface area (Å²) in [6.07, 6.45) is 4.03. The Hall–Kier alpha value is -1.92. The SMILES string of the molecule is COCCCNC(=O)c1cncc(Nc2ccc(C)c(Br)c2)c1. The summed E-state index contributed by atoms with van der Waals surface area (Å²) in [4.78, 5) is 16.2. The van der Waals surface area contributed by atoms with Crippen LogP contribution in [0.5, 0.6) is 0 Å². The molecule has 0 saturated heterocycles. The maximum absolute atomic E-state index is 12.1. The third-order valence-corrected chi connectivity index (χ3v) is 4.13. The molecule has 1 aromatic heterocycles. The van der Waals surface area contributed by atoms with Crippen LogP contribution >= 0.6 is 15.9 Å². The fourth-order valence-corrected chi connectivity index (χ4v) is 2.37. The number of ether oxygens (including phenoxy) is 1. The molecular weight excluding hydrogens is 358 g/mol. The molecule has 6 heteroatoms. The van der Waals surface area contributed by atoms with E-state index in [1.165, 1.54) is 0 Å². The van der Waals surface area contributed by atoms with Gasteiger partial charge in [0.1, 0.15) is 0 Å². The van der Waals surface area contributed by atoms with Crippen LogP contribution in [-0.4, -0.2) is 31.2 Å². The van der Waals surface area contributed by atoms with Crippen molar-refractivity contribution in [3.8, 4) is 0 Å². The number of nitrogens with zero attached hydrogens (tertiary/aromatic N) is 1. The molecule has 23 heavy (non-hydrogen) atoms. The van der Waals surface area contributed by atoms with Crippen molar-refractivity contribution < 1.29 is 9.53 Å². The van der Waals surface area contributed by atoms with Crippen molar-refractivity contribution in [1.29, 1.82) is 0 Å². The number of hydrogen-bond donors (Lipinski definition) is 2. The third-order valence-electron chi connectivity index (χ3n) is 3.27. The van der Waals surface area contributed by atoms with Crippen LogP contribution in [0.2, 0.25) is 0 Å². The van der Waals surface area contributed by atoms with E-state index in [2.05, 4.69) is 31.5 Å². The van der Waals surface area contributed by atoms with E-state index in [0.29, 0.717) is 18.7 Å². The van der Waals surface area contributed by atoms with Gasteiger partial charge in [-0.05, 0) is 37.1 Å². The van der Waals surface area contributed by atoms with Gasteiger partial charge >= 0.3 is 0 Å². The van der Waals surface area contributed by atoms with E-state index in [1.54, 1.807) is 25.6 Å². The molecule has 2 aromatic rings. The Morgan fingerprint density at radius 1 is 1.26 bits per heavy atom. The van der Waals surface area contributed by atoms with Crippen LogP contribution in [-0.2, 0) is 4.74 Å². The van der Waals surface area contributed by atoms with Gasteiger partial charge < -0.3 is 15.4 Å². The first kappa shape index (κ1) is 17.4. The molecule has 1 heterocycles. The zero-order chi connectivity index (χ0) is 16.7. The maximum Gasteiger partial charge on any atom is 0.252 e. The van der Waals surface area contributed by atoms with Crippen molar-refractivity contribution in [3.63, 3.8) is 0 Å². The normalized spacial score (nSPS) is 10.4. The highest BCUT2D eigenvalue weighted by molar-refractivity contribution is 9.10. The summed E-state index contributed by atoms with van der Waals surface area (Å²) in [6.45, 7) is 3.24. The highest BCUT2D eigenvalue weighted by Gasteiger charge is 2.07. The minimum absolute atomic E-state index is 0.137. The molecule has 0 radical (unpaired) electrons. The highest BCUT2D eigenvalue weighted by Crippen LogP contribution is 2.23. The Morgan fingerprint density at radius 2 is 2.09 bits per heavy atom. The van der Waals surface area contributed by atoms with Gasteiger partial charge in [0.05, 0.1) is 17.4 Å². The van der Waals surface area contributed by atoms with Crippen LogP contribution < -0.4 is 10.6 Å². The van der Waals surface area contributed by atoms with Gasteiger partial charge in [0.15, 0.2) is 0 Å². The number of nitrogens with one attached hydrogen (secondary N) is 2. The summed E-state index contributed by atoms with van der Waals surface area (Å²) in [6, 6.07) is 7.78. The number of anilines is 2. The molecule has 0 saturated carbocycles. The molecular formula is C17H20BrN3O2. The fraction of sp³-hybridized carbons (Fsp3) is 0.294. The zero-order valence-electron chi connectivity index (χ0n) is 13.2. The van der Waals surface area contributed by atoms with Crippen LogP contribution in [0, 0.1) is 6.92 Å². The van der Waals surface area contributed by atoms with Crippen LogP contribution in [0.4, 0.5) is 11.4 Å². The van der Waals surface area contributed by atoms with Gasteiger partial charge in [-0.15, -0.1) is 0 Å². The van der Waals surface area contributed by atoms with Gasteiger partial charge in [-0.25, -0.2) is 0 Å². The molecule has 0 fully saturated rings.